The first-order valence-corrected chi connectivity index (χ1v) is 15.9. The van der Waals surface area contributed by atoms with Crippen LogP contribution in [0.5, 0.6) is 0 Å². The lowest BCUT2D eigenvalue weighted by Crippen LogP contribution is -2.21. The molecule has 0 bridgehead atoms. The highest BCUT2D eigenvalue weighted by Crippen LogP contribution is 2.32. The summed E-state index contributed by atoms with van der Waals surface area (Å²) in [5.41, 5.74) is 0. The van der Waals surface area contributed by atoms with Gasteiger partial charge in [-0.05, 0) is 62.4 Å². The van der Waals surface area contributed by atoms with Crippen molar-refractivity contribution in [1.29, 1.82) is 0 Å². The summed E-state index contributed by atoms with van der Waals surface area (Å²) in [6, 6.07) is 0. The molecule has 2 rings (SSSR count). The predicted molar refractivity (Wildman–Crippen MR) is 141 cm³/mol. The zero-order valence-electron chi connectivity index (χ0n) is 20.3. The predicted octanol–water partition coefficient (Wildman–Crippen LogP) is 7.54. The van der Waals surface area contributed by atoms with Crippen LogP contribution in [0.1, 0.15) is 104 Å². The second kappa shape index (κ2) is 18.1. The molecule has 0 saturated heterocycles. The quantitative estimate of drug-likeness (QED) is 0.174. The molecule has 0 heterocycles. The van der Waals surface area contributed by atoms with Crippen molar-refractivity contribution in [1.82, 2.24) is 10.6 Å². The Morgan fingerprint density at radius 3 is 1.40 bits per heavy atom. The van der Waals surface area contributed by atoms with Crippen molar-refractivity contribution < 1.29 is 0 Å². The van der Waals surface area contributed by atoms with E-state index in [1.165, 1.54) is 128 Å². The summed E-state index contributed by atoms with van der Waals surface area (Å²) in [4.78, 5) is 0. The molecule has 0 aromatic heterocycles. The minimum atomic E-state index is 0.944. The van der Waals surface area contributed by atoms with Crippen LogP contribution < -0.4 is 10.6 Å². The summed E-state index contributed by atoms with van der Waals surface area (Å²) in [5.74, 6) is 6.42. The molecule has 0 spiro atoms. The van der Waals surface area contributed by atoms with E-state index in [-0.39, 0.29) is 0 Å². The highest BCUT2D eigenvalue weighted by atomic mass is 33.1. The highest BCUT2D eigenvalue weighted by Gasteiger charge is 2.20. The van der Waals surface area contributed by atoms with Crippen molar-refractivity contribution in [3.8, 4) is 0 Å². The molecule has 0 radical (unpaired) electrons. The molecule has 2 atom stereocenters. The Labute approximate surface area is 197 Å². The first-order chi connectivity index (χ1) is 14.8. The lowest BCUT2D eigenvalue weighted by atomic mass is 9.79. The first kappa shape index (κ1) is 26.9. The van der Waals surface area contributed by atoms with Crippen LogP contribution in [0.15, 0.2) is 0 Å². The van der Waals surface area contributed by atoms with E-state index in [9.17, 15) is 0 Å². The average molecular weight is 457 g/mol. The number of hydrogen-bond acceptors (Lipinski definition) is 4. The first-order valence-electron chi connectivity index (χ1n) is 13.4. The maximum Gasteiger partial charge on any atom is 0.0162 e. The Morgan fingerprint density at radius 1 is 0.600 bits per heavy atom. The fourth-order valence-electron chi connectivity index (χ4n) is 5.57. The maximum absolute atomic E-state index is 3.65. The van der Waals surface area contributed by atoms with E-state index in [0.717, 1.165) is 23.7 Å². The average Bonchev–Trinajstić information content (AvgIpc) is 2.80. The van der Waals surface area contributed by atoms with Crippen LogP contribution in [0.4, 0.5) is 0 Å². The van der Waals surface area contributed by atoms with E-state index < -0.39 is 0 Å². The topological polar surface area (TPSA) is 24.1 Å². The van der Waals surface area contributed by atoms with Crippen LogP contribution in [0.2, 0.25) is 0 Å². The summed E-state index contributed by atoms with van der Waals surface area (Å²) in [7, 11) is 4.08. The molecule has 0 aromatic carbocycles. The van der Waals surface area contributed by atoms with Gasteiger partial charge < -0.3 is 10.6 Å². The zero-order chi connectivity index (χ0) is 21.3. The third kappa shape index (κ3) is 12.6. The summed E-state index contributed by atoms with van der Waals surface area (Å²) >= 11 is 0. The van der Waals surface area contributed by atoms with Gasteiger partial charge in [-0.15, -0.1) is 0 Å². The van der Waals surface area contributed by atoms with Gasteiger partial charge >= 0.3 is 0 Å². The number of hydrogen-bond donors (Lipinski definition) is 2. The van der Waals surface area contributed by atoms with Gasteiger partial charge in [0.25, 0.3) is 0 Å². The molecular formula is C26H52N2S2. The summed E-state index contributed by atoms with van der Waals surface area (Å²) in [6.45, 7) is 9.75. The molecular weight excluding hydrogens is 404 g/mol. The maximum atomic E-state index is 3.65. The van der Waals surface area contributed by atoms with Gasteiger partial charge in [0.2, 0.25) is 0 Å². The molecule has 2 fully saturated rings. The third-order valence-electron chi connectivity index (χ3n) is 7.74. The van der Waals surface area contributed by atoms with Crippen molar-refractivity contribution >= 4 is 21.6 Å². The molecule has 4 heteroatoms. The van der Waals surface area contributed by atoms with Gasteiger partial charge in [-0.25, -0.2) is 0 Å². The molecule has 2 unspecified atom stereocenters. The fraction of sp³-hybridized carbons (Fsp3) is 1.00. The van der Waals surface area contributed by atoms with E-state index in [2.05, 4.69) is 24.5 Å². The van der Waals surface area contributed by atoms with Crippen molar-refractivity contribution in [3.63, 3.8) is 0 Å². The van der Waals surface area contributed by atoms with Crippen LogP contribution in [0, 0.1) is 23.7 Å². The third-order valence-corrected chi connectivity index (χ3v) is 10.2. The van der Waals surface area contributed by atoms with Crippen LogP contribution in [0.25, 0.3) is 0 Å². The minimum absolute atomic E-state index is 0.944. The van der Waals surface area contributed by atoms with Gasteiger partial charge in [0.15, 0.2) is 0 Å². The smallest absolute Gasteiger partial charge is 0.0162 e. The second-order valence-electron chi connectivity index (χ2n) is 10.2. The van der Waals surface area contributed by atoms with Gasteiger partial charge in [0.1, 0.15) is 0 Å². The largest absolute Gasteiger partial charge is 0.316 e. The Morgan fingerprint density at radius 2 is 1.00 bits per heavy atom. The molecule has 2 nitrogen and oxygen atoms in total. The van der Waals surface area contributed by atoms with Gasteiger partial charge in [-0.3, -0.25) is 0 Å². The molecule has 30 heavy (non-hydrogen) atoms. The molecule has 2 saturated carbocycles. The number of rotatable bonds is 17. The van der Waals surface area contributed by atoms with Gasteiger partial charge in [0, 0.05) is 24.6 Å². The molecule has 0 aromatic rings. The Kier molecular flexibility index (Phi) is 16.2. The molecule has 2 aliphatic carbocycles. The van der Waals surface area contributed by atoms with E-state index in [1.54, 1.807) is 0 Å². The SMILES string of the molecule is CC(CCCNCCSSCCNCCCC(C)C1CCCCC1)C1CCCCC1. The monoisotopic (exact) mass is 456 g/mol. The van der Waals surface area contributed by atoms with Gasteiger partial charge in [-0.1, -0.05) is 99.6 Å². The second-order valence-corrected chi connectivity index (χ2v) is 12.9. The summed E-state index contributed by atoms with van der Waals surface area (Å²) < 4.78 is 0. The lowest BCUT2D eigenvalue weighted by molar-refractivity contribution is 0.248. The summed E-state index contributed by atoms with van der Waals surface area (Å²) in [5, 5.41) is 7.30. The van der Waals surface area contributed by atoms with Crippen LogP contribution >= 0.6 is 21.6 Å². The van der Waals surface area contributed by atoms with Crippen molar-refractivity contribution in [2.45, 2.75) is 104 Å². The molecule has 178 valence electrons. The molecule has 0 aliphatic heterocycles. The van der Waals surface area contributed by atoms with E-state index >= 15 is 0 Å². The van der Waals surface area contributed by atoms with Crippen molar-refractivity contribution in [3.05, 3.63) is 0 Å². The fourth-order valence-corrected chi connectivity index (χ4v) is 7.47. The Balaban J connectivity index is 1.26. The Bertz CT molecular complexity index is 345. The van der Waals surface area contributed by atoms with E-state index in [0.29, 0.717) is 0 Å². The van der Waals surface area contributed by atoms with Crippen LogP contribution in [0.3, 0.4) is 0 Å². The van der Waals surface area contributed by atoms with Crippen LogP contribution in [-0.4, -0.2) is 37.7 Å². The van der Waals surface area contributed by atoms with Crippen molar-refractivity contribution in [2.75, 3.05) is 37.7 Å². The van der Waals surface area contributed by atoms with Crippen molar-refractivity contribution in [2.24, 2.45) is 23.7 Å². The van der Waals surface area contributed by atoms with Crippen LogP contribution in [-0.2, 0) is 0 Å². The lowest BCUT2D eigenvalue weighted by Gasteiger charge is -2.27. The minimum Gasteiger partial charge on any atom is -0.316 e. The molecule has 2 N–H and O–H groups in total. The molecule has 2 aliphatic rings. The van der Waals surface area contributed by atoms with Gasteiger partial charge in [-0.2, -0.15) is 0 Å². The van der Waals surface area contributed by atoms with E-state index in [4.69, 9.17) is 0 Å². The Hall–Kier alpha value is 0.620. The zero-order valence-corrected chi connectivity index (χ0v) is 21.9. The molecule has 0 amide bonds. The number of nitrogens with one attached hydrogen (secondary N) is 2. The standard InChI is InChI=1S/C26H52N2S2/c1-23(25-13-5-3-6-14-25)11-9-17-27-19-21-29-30-22-20-28-18-10-12-24(2)26-15-7-4-8-16-26/h23-28H,3-22H2,1-2H3. The van der Waals surface area contributed by atoms with E-state index in [1.807, 2.05) is 21.6 Å². The van der Waals surface area contributed by atoms with Gasteiger partial charge in [0.05, 0.1) is 0 Å². The summed E-state index contributed by atoms with van der Waals surface area (Å²) in [6.07, 6.45) is 20.4. The normalized spacial score (nSPS) is 21.0. The highest BCUT2D eigenvalue weighted by molar-refractivity contribution is 8.76.